The van der Waals surface area contributed by atoms with Gasteiger partial charge in [0.05, 0.1) is 24.1 Å². The van der Waals surface area contributed by atoms with Crippen molar-refractivity contribution < 1.29 is 9.15 Å². The maximum absolute atomic E-state index is 13.7. The lowest BCUT2D eigenvalue weighted by Gasteiger charge is -2.15. The Balaban J connectivity index is 1.84. The third-order valence-corrected chi connectivity index (χ3v) is 6.19. The van der Waals surface area contributed by atoms with Crippen LogP contribution in [0.5, 0.6) is 5.75 Å². The van der Waals surface area contributed by atoms with Crippen molar-refractivity contribution in [2.24, 2.45) is 0 Å². The summed E-state index contributed by atoms with van der Waals surface area (Å²) in [5.41, 5.74) is 0.785. The molecule has 0 spiro atoms. The van der Waals surface area contributed by atoms with Crippen molar-refractivity contribution in [1.29, 1.82) is 0 Å². The third kappa shape index (κ3) is 3.83. The molecule has 2 aromatic heterocycles. The molecular formula is C25H16BrClN2O4. The summed E-state index contributed by atoms with van der Waals surface area (Å²) in [6.07, 6.45) is 0. The number of ether oxygens (including phenoxy) is 1. The SMILES string of the molecule is COc1ccc(Cn2c(-c3ccccc3Cl)nc3oc4ccc(Br)cc4c(=O)c3c2=O)cc1. The van der Waals surface area contributed by atoms with Crippen molar-refractivity contribution in [3.63, 3.8) is 0 Å². The van der Waals surface area contributed by atoms with E-state index < -0.39 is 11.0 Å². The van der Waals surface area contributed by atoms with Gasteiger partial charge < -0.3 is 9.15 Å². The van der Waals surface area contributed by atoms with Crippen molar-refractivity contribution in [3.8, 4) is 17.1 Å². The molecule has 2 heterocycles. The van der Waals surface area contributed by atoms with Gasteiger partial charge in [0.25, 0.3) is 5.56 Å². The highest BCUT2D eigenvalue weighted by molar-refractivity contribution is 9.10. The molecule has 0 radical (unpaired) electrons. The molecule has 0 bridgehead atoms. The Bertz CT molecular complexity index is 1640. The molecule has 33 heavy (non-hydrogen) atoms. The Labute approximate surface area is 201 Å². The van der Waals surface area contributed by atoms with Crippen LogP contribution in [0.4, 0.5) is 0 Å². The number of nitrogens with zero attached hydrogens (tertiary/aromatic N) is 2. The minimum atomic E-state index is -0.499. The predicted octanol–water partition coefficient (Wildman–Crippen LogP) is 5.64. The van der Waals surface area contributed by atoms with Crippen LogP contribution in [-0.2, 0) is 6.54 Å². The largest absolute Gasteiger partial charge is 0.497 e. The van der Waals surface area contributed by atoms with Crippen LogP contribution in [0.15, 0.2) is 85.2 Å². The van der Waals surface area contributed by atoms with Gasteiger partial charge in [0, 0.05) is 10.0 Å². The van der Waals surface area contributed by atoms with Gasteiger partial charge in [-0.2, -0.15) is 4.98 Å². The normalized spacial score (nSPS) is 11.2. The molecule has 0 fully saturated rings. The highest BCUT2D eigenvalue weighted by atomic mass is 79.9. The number of halogens is 2. The molecule has 164 valence electrons. The first kappa shape index (κ1) is 21.4. The lowest BCUT2D eigenvalue weighted by Crippen LogP contribution is -2.28. The van der Waals surface area contributed by atoms with Gasteiger partial charge in [-0.15, -0.1) is 0 Å². The second kappa shape index (κ2) is 8.50. The van der Waals surface area contributed by atoms with Gasteiger partial charge in [-0.3, -0.25) is 14.2 Å². The summed E-state index contributed by atoms with van der Waals surface area (Å²) in [5, 5.41) is 0.626. The lowest BCUT2D eigenvalue weighted by molar-refractivity contribution is 0.414. The summed E-state index contributed by atoms with van der Waals surface area (Å²) in [4.78, 5) is 31.6. The average molecular weight is 524 g/mol. The Morgan fingerprint density at radius 1 is 1.06 bits per heavy atom. The van der Waals surface area contributed by atoms with Gasteiger partial charge in [-0.25, -0.2) is 0 Å². The van der Waals surface area contributed by atoms with Crippen LogP contribution in [0.25, 0.3) is 33.5 Å². The van der Waals surface area contributed by atoms with Crippen LogP contribution < -0.4 is 15.7 Å². The highest BCUT2D eigenvalue weighted by Gasteiger charge is 2.20. The lowest BCUT2D eigenvalue weighted by atomic mass is 10.1. The average Bonchev–Trinajstić information content (AvgIpc) is 2.82. The highest BCUT2D eigenvalue weighted by Crippen LogP contribution is 2.28. The molecule has 8 heteroatoms. The van der Waals surface area contributed by atoms with E-state index in [1.165, 1.54) is 4.57 Å². The van der Waals surface area contributed by atoms with E-state index in [0.29, 0.717) is 37.6 Å². The number of benzene rings is 3. The molecular weight excluding hydrogens is 508 g/mol. The van der Waals surface area contributed by atoms with Crippen LogP contribution in [0.2, 0.25) is 5.02 Å². The fourth-order valence-electron chi connectivity index (χ4n) is 3.72. The molecule has 0 unspecified atom stereocenters. The second-order valence-corrected chi connectivity index (χ2v) is 8.73. The van der Waals surface area contributed by atoms with Crippen LogP contribution in [0.1, 0.15) is 5.56 Å². The van der Waals surface area contributed by atoms with Crippen LogP contribution in [-0.4, -0.2) is 16.7 Å². The summed E-state index contributed by atoms with van der Waals surface area (Å²) < 4.78 is 13.3. The molecule has 6 nitrogen and oxygen atoms in total. The van der Waals surface area contributed by atoms with E-state index in [-0.39, 0.29) is 17.6 Å². The van der Waals surface area contributed by atoms with E-state index in [2.05, 4.69) is 20.9 Å². The topological polar surface area (TPSA) is 74.3 Å². The van der Waals surface area contributed by atoms with Crippen LogP contribution >= 0.6 is 27.5 Å². The van der Waals surface area contributed by atoms with E-state index >= 15 is 0 Å². The first-order valence-corrected chi connectivity index (χ1v) is 11.2. The maximum atomic E-state index is 13.7. The molecule has 0 saturated carbocycles. The zero-order valence-electron chi connectivity index (χ0n) is 17.3. The first-order valence-electron chi connectivity index (χ1n) is 10.0. The molecule has 5 rings (SSSR count). The van der Waals surface area contributed by atoms with E-state index in [4.69, 9.17) is 20.8 Å². The molecule has 0 aliphatic rings. The van der Waals surface area contributed by atoms with Crippen LogP contribution in [0.3, 0.4) is 0 Å². The number of hydrogen-bond acceptors (Lipinski definition) is 5. The van der Waals surface area contributed by atoms with E-state index in [1.54, 1.807) is 43.5 Å². The second-order valence-electron chi connectivity index (χ2n) is 7.41. The summed E-state index contributed by atoms with van der Waals surface area (Å²) in [7, 11) is 1.59. The molecule has 0 amide bonds. The van der Waals surface area contributed by atoms with Gasteiger partial charge >= 0.3 is 0 Å². The number of hydrogen-bond donors (Lipinski definition) is 0. The fraction of sp³-hybridized carbons (Fsp3) is 0.0800. The first-order chi connectivity index (χ1) is 16.0. The Hall–Kier alpha value is -3.42. The van der Waals surface area contributed by atoms with Gasteiger partial charge in [0.2, 0.25) is 11.1 Å². The number of aromatic nitrogens is 2. The Morgan fingerprint density at radius 3 is 2.55 bits per heavy atom. The molecule has 0 saturated heterocycles. The minimum Gasteiger partial charge on any atom is -0.497 e. The molecule has 0 aliphatic carbocycles. The van der Waals surface area contributed by atoms with Crippen LogP contribution in [0, 0.1) is 0 Å². The summed E-state index contributed by atoms with van der Waals surface area (Å²) >= 11 is 9.82. The van der Waals surface area contributed by atoms with E-state index in [1.807, 2.05) is 30.3 Å². The monoisotopic (exact) mass is 522 g/mol. The summed E-state index contributed by atoms with van der Waals surface area (Å²) in [5.74, 6) is 1.01. The van der Waals surface area contributed by atoms with Gasteiger partial charge in [-0.05, 0) is 48.0 Å². The van der Waals surface area contributed by atoms with Gasteiger partial charge in [0.15, 0.2) is 5.39 Å². The molecule has 5 aromatic rings. The minimum absolute atomic E-state index is 0.0271. The van der Waals surface area contributed by atoms with Crippen molar-refractivity contribution in [1.82, 2.24) is 9.55 Å². The Kier molecular flexibility index (Phi) is 5.52. The number of fused-ring (bicyclic) bond motifs is 2. The fourth-order valence-corrected chi connectivity index (χ4v) is 4.30. The van der Waals surface area contributed by atoms with E-state index in [9.17, 15) is 9.59 Å². The van der Waals surface area contributed by atoms with Crippen molar-refractivity contribution in [2.75, 3.05) is 7.11 Å². The van der Waals surface area contributed by atoms with Crippen molar-refractivity contribution in [2.45, 2.75) is 6.54 Å². The zero-order valence-corrected chi connectivity index (χ0v) is 19.7. The third-order valence-electron chi connectivity index (χ3n) is 5.37. The number of methoxy groups -OCH3 is 1. The number of rotatable bonds is 4. The van der Waals surface area contributed by atoms with Crippen molar-refractivity contribution >= 4 is 49.6 Å². The predicted molar refractivity (Wildman–Crippen MR) is 132 cm³/mol. The maximum Gasteiger partial charge on any atom is 0.269 e. The smallest absolute Gasteiger partial charge is 0.269 e. The standard InChI is InChI=1S/C25H16BrClN2O4/c1-32-16-9-6-14(7-10-16)13-29-23(17-4-2-3-5-19(17)27)28-24-21(25(29)31)22(30)18-12-15(26)8-11-20(18)33-24/h2-12H,13H2,1H3. The molecule has 0 N–H and O–H groups in total. The quantitative estimate of drug-likeness (QED) is 0.285. The molecule has 0 atom stereocenters. The molecule has 3 aromatic carbocycles. The van der Waals surface area contributed by atoms with Gasteiger partial charge in [0.1, 0.15) is 17.2 Å². The van der Waals surface area contributed by atoms with Gasteiger partial charge in [-0.1, -0.05) is 51.8 Å². The van der Waals surface area contributed by atoms with E-state index in [0.717, 1.165) is 5.56 Å². The molecule has 0 aliphatic heterocycles. The summed E-state index contributed by atoms with van der Waals surface area (Å²) in [6.45, 7) is 0.183. The zero-order chi connectivity index (χ0) is 23.1. The van der Waals surface area contributed by atoms with Crippen molar-refractivity contribution in [3.05, 3.63) is 102 Å². The Morgan fingerprint density at radius 2 is 1.82 bits per heavy atom. The summed E-state index contributed by atoms with van der Waals surface area (Å²) in [6, 6.07) is 19.5.